The maximum atomic E-state index is 12.5. The molecule has 5 heteroatoms. The Hall–Kier alpha value is -0.810. The van der Waals surface area contributed by atoms with E-state index >= 15 is 0 Å². The van der Waals surface area contributed by atoms with Crippen molar-refractivity contribution in [1.29, 1.82) is 0 Å². The highest BCUT2D eigenvalue weighted by Gasteiger charge is 2.49. The fourth-order valence-corrected chi connectivity index (χ4v) is 4.33. The monoisotopic (exact) mass is 311 g/mol. The van der Waals surface area contributed by atoms with Gasteiger partial charge in [0.05, 0.1) is 0 Å². The molecule has 0 aromatic rings. The van der Waals surface area contributed by atoms with Crippen LogP contribution in [0.15, 0.2) is 0 Å². The number of nitrogens with zero attached hydrogens (tertiary/aromatic N) is 1. The van der Waals surface area contributed by atoms with Crippen molar-refractivity contribution in [3.63, 3.8) is 0 Å². The van der Waals surface area contributed by atoms with Crippen molar-refractivity contribution < 1.29 is 9.53 Å². The molecule has 0 radical (unpaired) electrons. The molecule has 128 valence electrons. The van der Waals surface area contributed by atoms with Gasteiger partial charge in [-0.25, -0.2) is 4.79 Å². The summed E-state index contributed by atoms with van der Waals surface area (Å²) in [5.41, 5.74) is 5.97. The lowest BCUT2D eigenvalue weighted by Gasteiger charge is -2.54. The minimum absolute atomic E-state index is 0.187. The Labute approximate surface area is 134 Å². The highest BCUT2D eigenvalue weighted by Crippen LogP contribution is 2.48. The largest absolute Gasteiger partial charge is 0.444 e. The Morgan fingerprint density at radius 1 is 1.27 bits per heavy atom. The van der Waals surface area contributed by atoms with Crippen LogP contribution in [-0.4, -0.2) is 49.3 Å². The second kappa shape index (κ2) is 6.75. The Morgan fingerprint density at radius 3 is 2.36 bits per heavy atom. The van der Waals surface area contributed by atoms with Crippen LogP contribution < -0.4 is 11.1 Å². The van der Waals surface area contributed by atoms with Crippen LogP contribution in [0.2, 0.25) is 0 Å². The van der Waals surface area contributed by atoms with E-state index in [1.807, 2.05) is 25.7 Å². The van der Waals surface area contributed by atoms with Crippen molar-refractivity contribution in [3.05, 3.63) is 0 Å². The summed E-state index contributed by atoms with van der Waals surface area (Å²) in [4.78, 5) is 14.4. The molecule has 2 aliphatic heterocycles. The number of carbonyl (C=O) groups is 1. The molecule has 2 heterocycles. The van der Waals surface area contributed by atoms with Crippen LogP contribution in [0.1, 0.15) is 47.0 Å². The molecule has 0 bridgehead atoms. The number of rotatable bonds is 2. The molecule has 2 rings (SSSR count). The van der Waals surface area contributed by atoms with Crippen LogP contribution in [0.5, 0.6) is 0 Å². The number of hydrogen-bond donors (Lipinski definition) is 2. The van der Waals surface area contributed by atoms with Gasteiger partial charge in [0.2, 0.25) is 0 Å². The van der Waals surface area contributed by atoms with Crippen molar-refractivity contribution in [1.82, 2.24) is 10.2 Å². The molecule has 1 amide bonds. The van der Waals surface area contributed by atoms with Crippen LogP contribution in [0.3, 0.4) is 0 Å². The molecule has 3 N–H and O–H groups in total. The minimum Gasteiger partial charge on any atom is -0.444 e. The standard InChI is InChI=1S/C17H33N3O2/c1-5-13-11-20(15(21)22-16(2,3)4)12-14(10-18)17(13)6-8-19-9-7-17/h13-14,19H,5-12,18H2,1-4H3. The topological polar surface area (TPSA) is 67.6 Å². The predicted molar refractivity (Wildman–Crippen MR) is 88.7 cm³/mol. The molecular weight excluding hydrogens is 278 g/mol. The van der Waals surface area contributed by atoms with Gasteiger partial charge in [0.1, 0.15) is 5.60 Å². The molecule has 0 aromatic carbocycles. The molecule has 2 fully saturated rings. The Bertz CT molecular complexity index is 370. The number of hydrogen-bond acceptors (Lipinski definition) is 4. The molecule has 5 nitrogen and oxygen atoms in total. The van der Waals surface area contributed by atoms with Gasteiger partial charge >= 0.3 is 6.09 Å². The third-order valence-electron chi connectivity index (χ3n) is 5.47. The molecular formula is C17H33N3O2. The van der Waals surface area contributed by atoms with Crippen molar-refractivity contribution >= 4 is 6.09 Å². The summed E-state index contributed by atoms with van der Waals surface area (Å²) in [5.74, 6) is 0.894. The smallest absolute Gasteiger partial charge is 0.410 e. The molecule has 0 aromatic heterocycles. The number of amides is 1. The maximum Gasteiger partial charge on any atom is 0.410 e. The van der Waals surface area contributed by atoms with Gasteiger partial charge in [0, 0.05) is 13.1 Å². The molecule has 2 atom stereocenters. The fraction of sp³-hybridized carbons (Fsp3) is 0.941. The predicted octanol–water partition coefficient (Wildman–Crippen LogP) is 2.21. The Kier molecular flexibility index (Phi) is 5.38. The number of nitrogens with one attached hydrogen (secondary N) is 1. The average Bonchev–Trinajstić information content (AvgIpc) is 2.46. The van der Waals surface area contributed by atoms with Crippen LogP contribution in [0.4, 0.5) is 4.79 Å². The lowest BCUT2D eigenvalue weighted by Crippen LogP contribution is -2.60. The van der Waals surface area contributed by atoms with Gasteiger partial charge in [-0.05, 0) is 70.5 Å². The zero-order chi connectivity index (χ0) is 16.4. The SMILES string of the molecule is CCC1CN(C(=O)OC(C)(C)C)CC(CN)C12CCNCC2. The van der Waals surface area contributed by atoms with Crippen LogP contribution in [0, 0.1) is 17.3 Å². The van der Waals surface area contributed by atoms with Gasteiger partial charge < -0.3 is 20.7 Å². The lowest BCUT2D eigenvalue weighted by atomic mass is 9.58. The van der Waals surface area contributed by atoms with Crippen molar-refractivity contribution in [2.45, 2.75) is 52.6 Å². The highest BCUT2D eigenvalue weighted by atomic mass is 16.6. The quantitative estimate of drug-likeness (QED) is 0.820. The normalized spacial score (nSPS) is 28.7. The molecule has 2 unspecified atom stereocenters. The van der Waals surface area contributed by atoms with Gasteiger partial charge in [-0.1, -0.05) is 13.3 Å². The van der Waals surface area contributed by atoms with Gasteiger partial charge in [-0.15, -0.1) is 0 Å². The van der Waals surface area contributed by atoms with Gasteiger partial charge in [0.25, 0.3) is 0 Å². The first-order chi connectivity index (χ1) is 10.3. The van der Waals surface area contributed by atoms with Crippen LogP contribution in [0.25, 0.3) is 0 Å². The van der Waals surface area contributed by atoms with E-state index in [1.165, 1.54) is 12.8 Å². The summed E-state index contributed by atoms with van der Waals surface area (Å²) in [7, 11) is 0. The third-order valence-corrected chi connectivity index (χ3v) is 5.47. The number of likely N-dealkylation sites (tertiary alicyclic amines) is 1. The van der Waals surface area contributed by atoms with Crippen molar-refractivity contribution in [3.8, 4) is 0 Å². The third kappa shape index (κ3) is 3.57. The first-order valence-corrected chi connectivity index (χ1v) is 8.71. The van der Waals surface area contributed by atoms with E-state index in [4.69, 9.17) is 10.5 Å². The van der Waals surface area contributed by atoms with Gasteiger partial charge in [-0.2, -0.15) is 0 Å². The van der Waals surface area contributed by atoms with E-state index in [2.05, 4.69) is 12.2 Å². The minimum atomic E-state index is -0.444. The molecule has 0 saturated carbocycles. The Morgan fingerprint density at radius 2 is 1.86 bits per heavy atom. The molecule has 2 saturated heterocycles. The van der Waals surface area contributed by atoms with Gasteiger partial charge in [-0.3, -0.25) is 0 Å². The summed E-state index contributed by atoms with van der Waals surface area (Å²) in [5, 5.41) is 3.46. The van der Waals surface area contributed by atoms with Crippen LogP contribution >= 0.6 is 0 Å². The summed E-state index contributed by atoms with van der Waals surface area (Å²) in [6.45, 7) is 12.3. The van der Waals surface area contributed by atoms with E-state index in [-0.39, 0.29) is 6.09 Å². The first kappa shape index (κ1) is 17.5. The maximum absolute atomic E-state index is 12.5. The number of ether oxygens (including phenoxy) is 1. The van der Waals surface area contributed by atoms with Crippen molar-refractivity contribution in [2.24, 2.45) is 23.0 Å². The van der Waals surface area contributed by atoms with E-state index in [9.17, 15) is 4.79 Å². The molecule has 1 spiro atoms. The van der Waals surface area contributed by atoms with Crippen LogP contribution in [-0.2, 0) is 4.74 Å². The average molecular weight is 311 g/mol. The second-order valence-electron chi connectivity index (χ2n) is 7.91. The van der Waals surface area contributed by atoms with E-state index in [0.717, 1.165) is 32.6 Å². The zero-order valence-electron chi connectivity index (χ0n) is 14.7. The number of piperidine rings is 2. The van der Waals surface area contributed by atoms with E-state index < -0.39 is 5.60 Å². The second-order valence-corrected chi connectivity index (χ2v) is 7.91. The van der Waals surface area contributed by atoms with Gasteiger partial charge in [0.15, 0.2) is 0 Å². The summed E-state index contributed by atoms with van der Waals surface area (Å²) in [6, 6.07) is 0. The highest BCUT2D eigenvalue weighted by molar-refractivity contribution is 5.68. The van der Waals surface area contributed by atoms with Crippen molar-refractivity contribution in [2.75, 3.05) is 32.7 Å². The van der Waals surface area contributed by atoms with E-state index in [0.29, 0.717) is 23.8 Å². The fourth-order valence-electron chi connectivity index (χ4n) is 4.33. The summed E-state index contributed by atoms with van der Waals surface area (Å²) >= 11 is 0. The molecule has 0 aliphatic carbocycles. The molecule has 2 aliphatic rings. The molecule has 22 heavy (non-hydrogen) atoms. The van der Waals surface area contributed by atoms with E-state index in [1.54, 1.807) is 0 Å². The first-order valence-electron chi connectivity index (χ1n) is 8.71. The number of nitrogens with two attached hydrogens (primary N) is 1. The Balaban J connectivity index is 2.15. The summed E-state index contributed by atoms with van der Waals surface area (Å²) < 4.78 is 5.57. The number of carbonyl (C=O) groups excluding carboxylic acids is 1. The zero-order valence-corrected chi connectivity index (χ0v) is 14.7. The summed E-state index contributed by atoms with van der Waals surface area (Å²) in [6.07, 6.45) is 3.26. The lowest BCUT2D eigenvalue weighted by molar-refractivity contribution is -0.0550.